The molecular formula is C12H14O2. The minimum atomic E-state index is 0.0466. The number of allylic oxidation sites excluding steroid dienone is 2. The van der Waals surface area contributed by atoms with E-state index in [0.717, 1.165) is 17.6 Å². The molecule has 0 fully saturated rings. The van der Waals surface area contributed by atoms with Crippen molar-refractivity contribution in [3.63, 3.8) is 0 Å². The number of hydrogen-bond acceptors (Lipinski definition) is 2. The molecule has 2 nitrogen and oxygen atoms in total. The first-order valence-corrected chi connectivity index (χ1v) is 4.66. The van der Waals surface area contributed by atoms with Gasteiger partial charge in [0.15, 0.2) is 6.29 Å². The molecule has 0 radical (unpaired) electrons. The number of aldehydes is 1. The SMILES string of the molecule is CC=C(CC)c1ccc(C=O)c(O)c1. The number of phenols is 1. The van der Waals surface area contributed by atoms with Crippen molar-refractivity contribution >= 4 is 11.9 Å². The standard InChI is InChI=1S/C12H14O2/c1-3-9(4-2)10-5-6-11(8-13)12(14)7-10/h3,5-8,14H,4H2,1-2H3. The first-order valence-electron chi connectivity index (χ1n) is 4.66. The van der Waals surface area contributed by atoms with Gasteiger partial charge in [0.05, 0.1) is 5.56 Å². The summed E-state index contributed by atoms with van der Waals surface area (Å²) in [5.41, 5.74) is 2.47. The second-order valence-electron chi connectivity index (χ2n) is 3.06. The van der Waals surface area contributed by atoms with Crippen molar-refractivity contribution in [2.24, 2.45) is 0 Å². The monoisotopic (exact) mass is 190 g/mol. The number of rotatable bonds is 3. The van der Waals surface area contributed by atoms with Crippen LogP contribution in [0.2, 0.25) is 0 Å². The van der Waals surface area contributed by atoms with Gasteiger partial charge in [-0.15, -0.1) is 0 Å². The van der Waals surface area contributed by atoms with Gasteiger partial charge in [-0.1, -0.05) is 19.1 Å². The van der Waals surface area contributed by atoms with Gasteiger partial charge in [0, 0.05) is 0 Å². The van der Waals surface area contributed by atoms with E-state index in [9.17, 15) is 9.90 Å². The Morgan fingerprint density at radius 2 is 2.21 bits per heavy atom. The number of benzene rings is 1. The van der Waals surface area contributed by atoms with E-state index in [-0.39, 0.29) is 5.75 Å². The molecule has 0 saturated carbocycles. The summed E-state index contributed by atoms with van der Waals surface area (Å²) in [4.78, 5) is 10.5. The molecule has 0 bridgehead atoms. The Morgan fingerprint density at radius 1 is 1.50 bits per heavy atom. The molecule has 1 aromatic rings. The van der Waals surface area contributed by atoms with Crippen molar-refractivity contribution in [1.82, 2.24) is 0 Å². The Hall–Kier alpha value is -1.57. The van der Waals surface area contributed by atoms with Gasteiger partial charge in [-0.25, -0.2) is 0 Å². The Morgan fingerprint density at radius 3 is 2.64 bits per heavy atom. The van der Waals surface area contributed by atoms with Crippen LogP contribution in [0, 0.1) is 0 Å². The molecule has 0 heterocycles. The van der Waals surface area contributed by atoms with E-state index >= 15 is 0 Å². The zero-order valence-corrected chi connectivity index (χ0v) is 8.45. The molecule has 0 spiro atoms. The van der Waals surface area contributed by atoms with Crippen LogP contribution in [0.25, 0.3) is 5.57 Å². The van der Waals surface area contributed by atoms with Crippen LogP contribution in [0.15, 0.2) is 24.3 Å². The van der Waals surface area contributed by atoms with Crippen LogP contribution in [-0.4, -0.2) is 11.4 Å². The van der Waals surface area contributed by atoms with Crippen LogP contribution in [0.4, 0.5) is 0 Å². The summed E-state index contributed by atoms with van der Waals surface area (Å²) in [7, 11) is 0. The maximum absolute atomic E-state index is 10.5. The van der Waals surface area contributed by atoms with Gasteiger partial charge in [0.25, 0.3) is 0 Å². The Kier molecular flexibility index (Phi) is 3.46. The Bertz CT molecular complexity index is 365. The van der Waals surface area contributed by atoms with Gasteiger partial charge in [-0.3, -0.25) is 4.79 Å². The molecule has 0 aliphatic carbocycles. The fourth-order valence-corrected chi connectivity index (χ4v) is 1.42. The van der Waals surface area contributed by atoms with E-state index in [2.05, 4.69) is 6.92 Å². The summed E-state index contributed by atoms with van der Waals surface area (Å²) in [6, 6.07) is 5.11. The van der Waals surface area contributed by atoms with Crippen LogP contribution in [-0.2, 0) is 0 Å². The summed E-state index contributed by atoms with van der Waals surface area (Å²) in [5.74, 6) is 0.0466. The van der Waals surface area contributed by atoms with Gasteiger partial charge in [-0.05, 0) is 36.6 Å². The molecule has 0 aliphatic heterocycles. The minimum Gasteiger partial charge on any atom is -0.507 e. The highest BCUT2D eigenvalue weighted by molar-refractivity contribution is 5.81. The normalized spacial score (nSPS) is 11.4. The zero-order valence-electron chi connectivity index (χ0n) is 8.45. The number of phenolic OH excluding ortho intramolecular Hbond substituents is 1. The average Bonchev–Trinajstić information content (AvgIpc) is 2.20. The molecular weight excluding hydrogens is 176 g/mol. The lowest BCUT2D eigenvalue weighted by molar-refractivity contribution is 0.112. The molecule has 74 valence electrons. The quantitative estimate of drug-likeness (QED) is 0.744. The van der Waals surface area contributed by atoms with Crippen LogP contribution >= 0.6 is 0 Å². The largest absolute Gasteiger partial charge is 0.507 e. The molecule has 1 N–H and O–H groups in total. The smallest absolute Gasteiger partial charge is 0.153 e. The van der Waals surface area contributed by atoms with Crippen molar-refractivity contribution in [2.45, 2.75) is 20.3 Å². The van der Waals surface area contributed by atoms with E-state index in [4.69, 9.17) is 0 Å². The maximum atomic E-state index is 10.5. The van der Waals surface area contributed by atoms with Crippen LogP contribution in [0.1, 0.15) is 36.2 Å². The lowest BCUT2D eigenvalue weighted by atomic mass is 10.0. The predicted molar refractivity (Wildman–Crippen MR) is 57.4 cm³/mol. The van der Waals surface area contributed by atoms with Crippen molar-refractivity contribution in [3.8, 4) is 5.75 Å². The highest BCUT2D eigenvalue weighted by atomic mass is 16.3. The molecule has 14 heavy (non-hydrogen) atoms. The maximum Gasteiger partial charge on any atom is 0.153 e. The van der Waals surface area contributed by atoms with Crippen molar-refractivity contribution < 1.29 is 9.90 Å². The molecule has 0 saturated heterocycles. The highest BCUT2D eigenvalue weighted by Gasteiger charge is 2.03. The van der Waals surface area contributed by atoms with E-state index < -0.39 is 0 Å². The first kappa shape index (κ1) is 10.5. The summed E-state index contributed by atoms with van der Waals surface area (Å²) in [6.45, 7) is 4.02. The molecule has 2 heteroatoms. The lowest BCUT2D eigenvalue weighted by Gasteiger charge is -2.05. The van der Waals surface area contributed by atoms with Crippen LogP contribution < -0.4 is 0 Å². The molecule has 0 amide bonds. The number of carbonyl (C=O) groups excluding carboxylic acids is 1. The van der Waals surface area contributed by atoms with Gasteiger partial charge >= 0.3 is 0 Å². The number of carbonyl (C=O) groups is 1. The zero-order chi connectivity index (χ0) is 10.6. The molecule has 0 aromatic heterocycles. The van der Waals surface area contributed by atoms with E-state index in [1.807, 2.05) is 19.1 Å². The minimum absolute atomic E-state index is 0.0466. The third kappa shape index (κ3) is 2.02. The second kappa shape index (κ2) is 4.61. The molecule has 0 atom stereocenters. The van der Waals surface area contributed by atoms with E-state index in [1.54, 1.807) is 12.1 Å². The first-order chi connectivity index (χ1) is 6.72. The van der Waals surface area contributed by atoms with E-state index in [0.29, 0.717) is 11.8 Å². The summed E-state index contributed by atoms with van der Waals surface area (Å²) in [6.07, 6.45) is 3.58. The van der Waals surface area contributed by atoms with Gasteiger partial charge < -0.3 is 5.11 Å². The fraction of sp³-hybridized carbons (Fsp3) is 0.250. The summed E-state index contributed by atoms with van der Waals surface area (Å²) < 4.78 is 0. The lowest BCUT2D eigenvalue weighted by Crippen LogP contribution is -1.86. The summed E-state index contributed by atoms with van der Waals surface area (Å²) in [5, 5.41) is 9.47. The van der Waals surface area contributed by atoms with Gasteiger partial charge in [0.2, 0.25) is 0 Å². The fourth-order valence-electron chi connectivity index (χ4n) is 1.42. The topological polar surface area (TPSA) is 37.3 Å². The van der Waals surface area contributed by atoms with E-state index in [1.165, 1.54) is 0 Å². The van der Waals surface area contributed by atoms with Gasteiger partial charge in [-0.2, -0.15) is 0 Å². The number of hydrogen-bond donors (Lipinski definition) is 1. The Labute approximate surface area is 83.9 Å². The third-order valence-electron chi connectivity index (χ3n) is 2.26. The molecule has 0 aliphatic rings. The Balaban J connectivity index is 3.14. The van der Waals surface area contributed by atoms with Gasteiger partial charge in [0.1, 0.15) is 5.75 Å². The van der Waals surface area contributed by atoms with Crippen LogP contribution in [0.3, 0.4) is 0 Å². The third-order valence-corrected chi connectivity index (χ3v) is 2.26. The van der Waals surface area contributed by atoms with Crippen LogP contribution in [0.5, 0.6) is 5.75 Å². The number of aromatic hydroxyl groups is 1. The molecule has 1 aromatic carbocycles. The summed E-state index contributed by atoms with van der Waals surface area (Å²) >= 11 is 0. The average molecular weight is 190 g/mol. The molecule has 0 unspecified atom stereocenters. The second-order valence-corrected chi connectivity index (χ2v) is 3.06. The van der Waals surface area contributed by atoms with Crippen molar-refractivity contribution in [2.75, 3.05) is 0 Å². The molecule has 1 rings (SSSR count). The van der Waals surface area contributed by atoms with Crippen molar-refractivity contribution in [3.05, 3.63) is 35.4 Å². The highest BCUT2D eigenvalue weighted by Crippen LogP contribution is 2.24. The predicted octanol–water partition coefficient (Wildman–Crippen LogP) is 3.02. The van der Waals surface area contributed by atoms with Crippen molar-refractivity contribution in [1.29, 1.82) is 0 Å².